The Bertz CT molecular complexity index is 574. The average Bonchev–Trinajstić information content (AvgIpc) is 3.05. The van der Waals surface area contributed by atoms with Gasteiger partial charge in [-0.3, -0.25) is 9.67 Å². The van der Waals surface area contributed by atoms with Crippen LogP contribution in [0.15, 0.2) is 11.2 Å². The molecule has 0 radical (unpaired) electrons. The number of nitrogens with one attached hydrogen (secondary N) is 2. The van der Waals surface area contributed by atoms with Gasteiger partial charge < -0.3 is 15.4 Å². The number of hydrogen-bond acceptors (Lipinski definition) is 3. The lowest BCUT2D eigenvalue weighted by atomic mass is 9.94. The number of nitrogens with zero attached hydrogens (tertiary/aromatic N) is 3. The van der Waals surface area contributed by atoms with Gasteiger partial charge in [0, 0.05) is 51.5 Å². The van der Waals surface area contributed by atoms with Crippen molar-refractivity contribution in [1.29, 1.82) is 0 Å². The van der Waals surface area contributed by atoms with Crippen LogP contribution in [-0.2, 0) is 17.6 Å². The zero-order chi connectivity index (χ0) is 17.6. The van der Waals surface area contributed by atoms with Crippen molar-refractivity contribution >= 4 is 5.96 Å². The molecule has 2 aliphatic rings. The van der Waals surface area contributed by atoms with Gasteiger partial charge in [-0.2, -0.15) is 5.10 Å². The Morgan fingerprint density at radius 1 is 1.36 bits per heavy atom. The fourth-order valence-corrected chi connectivity index (χ4v) is 3.72. The van der Waals surface area contributed by atoms with Gasteiger partial charge in [0.1, 0.15) is 0 Å². The molecule has 1 aromatic heterocycles. The third-order valence-electron chi connectivity index (χ3n) is 5.38. The first kappa shape index (κ1) is 18.2. The summed E-state index contributed by atoms with van der Waals surface area (Å²) in [6, 6.07) is 0.842. The Hall–Kier alpha value is -1.56. The summed E-state index contributed by atoms with van der Waals surface area (Å²) >= 11 is 0. The second-order valence-electron chi connectivity index (χ2n) is 7.60. The predicted octanol–water partition coefficient (Wildman–Crippen LogP) is 2.30. The van der Waals surface area contributed by atoms with Gasteiger partial charge in [-0.25, -0.2) is 0 Å². The molecule has 0 saturated carbocycles. The van der Waals surface area contributed by atoms with Gasteiger partial charge in [0.15, 0.2) is 5.96 Å². The highest BCUT2D eigenvalue weighted by Gasteiger charge is 2.23. The molecule has 3 rings (SSSR count). The van der Waals surface area contributed by atoms with Crippen LogP contribution in [0.5, 0.6) is 0 Å². The van der Waals surface area contributed by atoms with Gasteiger partial charge in [0.2, 0.25) is 0 Å². The maximum Gasteiger partial charge on any atom is 0.191 e. The molecule has 1 aliphatic heterocycles. The summed E-state index contributed by atoms with van der Waals surface area (Å²) in [7, 11) is 1.85. The Morgan fingerprint density at radius 2 is 2.16 bits per heavy atom. The molecule has 0 spiro atoms. The topological polar surface area (TPSA) is 63.5 Å². The van der Waals surface area contributed by atoms with Gasteiger partial charge in [-0.05, 0) is 57.4 Å². The van der Waals surface area contributed by atoms with Crippen molar-refractivity contribution in [3.8, 4) is 0 Å². The van der Waals surface area contributed by atoms with Crippen molar-refractivity contribution in [3.05, 3.63) is 17.5 Å². The van der Waals surface area contributed by atoms with Crippen molar-refractivity contribution in [2.75, 3.05) is 26.8 Å². The van der Waals surface area contributed by atoms with Crippen LogP contribution >= 0.6 is 0 Å². The van der Waals surface area contributed by atoms with E-state index in [2.05, 4.69) is 40.4 Å². The minimum absolute atomic E-state index is 0.414. The summed E-state index contributed by atoms with van der Waals surface area (Å²) in [6.45, 7) is 7.18. The Labute approximate surface area is 151 Å². The molecule has 1 unspecified atom stereocenters. The quantitative estimate of drug-likeness (QED) is 0.634. The summed E-state index contributed by atoms with van der Waals surface area (Å²) in [5.41, 5.74) is 2.66. The maximum atomic E-state index is 5.43. The molecule has 6 nitrogen and oxygen atoms in total. The van der Waals surface area contributed by atoms with Gasteiger partial charge in [-0.1, -0.05) is 0 Å². The summed E-state index contributed by atoms with van der Waals surface area (Å²) in [6.07, 6.45) is 9.01. The van der Waals surface area contributed by atoms with E-state index in [1.165, 1.54) is 30.5 Å². The first-order valence-electron chi connectivity index (χ1n) is 9.77. The van der Waals surface area contributed by atoms with Crippen molar-refractivity contribution in [2.24, 2.45) is 10.9 Å². The van der Waals surface area contributed by atoms with Crippen LogP contribution in [0.4, 0.5) is 0 Å². The molecule has 6 heteroatoms. The third kappa shape index (κ3) is 4.97. The Balaban J connectivity index is 1.45. The predicted molar refractivity (Wildman–Crippen MR) is 101 cm³/mol. The Morgan fingerprint density at radius 3 is 2.88 bits per heavy atom. The number of rotatable bonds is 5. The van der Waals surface area contributed by atoms with E-state index in [1.54, 1.807) is 0 Å². The average molecular weight is 348 g/mol. The fourth-order valence-electron chi connectivity index (χ4n) is 3.72. The maximum absolute atomic E-state index is 5.43. The van der Waals surface area contributed by atoms with Crippen LogP contribution in [0.2, 0.25) is 0 Å². The number of aryl methyl sites for hydroxylation is 1. The van der Waals surface area contributed by atoms with Crippen LogP contribution in [0, 0.1) is 5.92 Å². The zero-order valence-electron chi connectivity index (χ0n) is 15.9. The molecule has 2 heterocycles. The highest BCUT2D eigenvalue weighted by molar-refractivity contribution is 5.80. The second-order valence-corrected chi connectivity index (χ2v) is 7.60. The van der Waals surface area contributed by atoms with Gasteiger partial charge in [0.05, 0.1) is 5.69 Å². The lowest BCUT2D eigenvalue weighted by Gasteiger charge is -2.25. The molecule has 1 aliphatic carbocycles. The van der Waals surface area contributed by atoms with Crippen molar-refractivity contribution in [3.63, 3.8) is 0 Å². The highest BCUT2D eigenvalue weighted by Crippen LogP contribution is 2.22. The van der Waals surface area contributed by atoms with E-state index in [0.717, 1.165) is 50.9 Å². The fraction of sp³-hybridized carbons (Fsp3) is 0.789. The monoisotopic (exact) mass is 347 g/mol. The lowest BCUT2D eigenvalue weighted by molar-refractivity contribution is 0.0643. The number of guanidine groups is 1. The van der Waals surface area contributed by atoms with Crippen LogP contribution in [0.25, 0.3) is 0 Å². The molecule has 2 N–H and O–H groups in total. The van der Waals surface area contributed by atoms with Crippen LogP contribution in [0.1, 0.15) is 56.8 Å². The first-order valence-corrected chi connectivity index (χ1v) is 9.77. The molecule has 140 valence electrons. The molecule has 0 aromatic carbocycles. The van der Waals surface area contributed by atoms with Crippen LogP contribution in [-0.4, -0.2) is 48.6 Å². The van der Waals surface area contributed by atoms with Crippen molar-refractivity contribution in [2.45, 2.75) is 64.5 Å². The van der Waals surface area contributed by atoms with Crippen molar-refractivity contribution in [1.82, 2.24) is 20.4 Å². The minimum atomic E-state index is 0.414. The largest absolute Gasteiger partial charge is 0.381 e. The van der Waals surface area contributed by atoms with E-state index >= 15 is 0 Å². The van der Waals surface area contributed by atoms with E-state index in [1.807, 2.05) is 7.05 Å². The summed E-state index contributed by atoms with van der Waals surface area (Å²) in [4.78, 5) is 4.40. The van der Waals surface area contributed by atoms with E-state index < -0.39 is 0 Å². The molecule has 0 bridgehead atoms. The molecule has 1 atom stereocenters. The molecule has 0 amide bonds. The smallest absolute Gasteiger partial charge is 0.191 e. The normalized spacial score (nSPS) is 22.1. The van der Waals surface area contributed by atoms with Crippen molar-refractivity contribution < 1.29 is 4.74 Å². The number of aromatic nitrogens is 2. The summed E-state index contributed by atoms with van der Waals surface area (Å²) in [5.74, 6) is 1.71. The summed E-state index contributed by atoms with van der Waals surface area (Å²) < 4.78 is 7.52. The zero-order valence-corrected chi connectivity index (χ0v) is 15.9. The SMILES string of the molecule is CN=C(NCCC1CCOCC1)NC1CCc2cn(C(C)C)nc2C1. The van der Waals surface area contributed by atoms with E-state index in [9.17, 15) is 0 Å². The van der Waals surface area contributed by atoms with E-state index in [4.69, 9.17) is 9.84 Å². The van der Waals surface area contributed by atoms with Gasteiger partial charge >= 0.3 is 0 Å². The second kappa shape index (κ2) is 8.70. The molecule has 1 fully saturated rings. The number of ether oxygens (including phenoxy) is 1. The highest BCUT2D eigenvalue weighted by atomic mass is 16.5. The standard InChI is InChI=1S/C19H33N5O/c1-14(2)24-13-16-4-5-17(12-18(16)23-24)22-19(20-3)21-9-6-15-7-10-25-11-8-15/h13-15,17H,4-12H2,1-3H3,(H2,20,21,22). The van der Waals surface area contributed by atoms with E-state index in [-0.39, 0.29) is 0 Å². The third-order valence-corrected chi connectivity index (χ3v) is 5.38. The first-order chi connectivity index (χ1) is 12.2. The minimum Gasteiger partial charge on any atom is -0.381 e. The molecule has 25 heavy (non-hydrogen) atoms. The van der Waals surface area contributed by atoms with Crippen LogP contribution in [0.3, 0.4) is 0 Å². The Kier molecular flexibility index (Phi) is 6.34. The molecule has 1 saturated heterocycles. The van der Waals surface area contributed by atoms with Gasteiger partial charge in [0.25, 0.3) is 0 Å². The molecular formula is C19H33N5O. The number of hydrogen-bond donors (Lipinski definition) is 2. The number of fused-ring (bicyclic) bond motifs is 1. The molecular weight excluding hydrogens is 314 g/mol. The molecule has 1 aromatic rings. The van der Waals surface area contributed by atoms with Crippen LogP contribution < -0.4 is 10.6 Å². The van der Waals surface area contributed by atoms with Gasteiger partial charge in [-0.15, -0.1) is 0 Å². The lowest BCUT2D eigenvalue weighted by Crippen LogP contribution is -2.46. The summed E-state index contributed by atoms with van der Waals surface area (Å²) in [5, 5.41) is 11.8. The van der Waals surface area contributed by atoms with E-state index in [0.29, 0.717) is 12.1 Å². The number of aliphatic imine (C=N–C) groups is 1.